The second-order valence-corrected chi connectivity index (χ2v) is 8.67. The molecule has 0 spiro atoms. The number of thiazole rings is 1. The molecule has 2 aromatic rings. The SMILES string of the molecule is CCCOc1ccc(-c2csc(NC(=O)CSC(=S)N3CCCC3)n2)cc1. The monoisotopic (exact) mass is 421 g/mol. The van der Waals surface area contributed by atoms with E-state index in [1.54, 1.807) is 0 Å². The van der Waals surface area contributed by atoms with Crippen molar-refractivity contribution in [3.8, 4) is 17.0 Å². The highest BCUT2D eigenvalue weighted by Crippen LogP contribution is 2.27. The topological polar surface area (TPSA) is 54.5 Å². The number of likely N-dealkylation sites (tertiary alicyclic amines) is 1. The summed E-state index contributed by atoms with van der Waals surface area (Å²) in [6.45, 7) is 4.81. The van der Waals surface area contributed by atoms with Gasteiger partial charge in [0.25, 0.3) is 0 Å². The molecule has 0 radical (unpaired) electrons. The summed E-state index contributed by atoms with van der Waals surface area (Å²) in [5, 5.41) is 5.41. The van der Waals surface area contributed by atoms with E-state index in [1.807, 2.05) is 29.6 Å². The van der Waals surface area contributed by atoms with Gasteiger partial charge in [-0.25, -0.2) is 4.98 Å². The summed E-state index contributed by atoms with van der Waals surface area (Å²) < 4.78 is 6.41. The Morgan fingerprint density at radius 2 is 2.07 bits per heavy atom. The highest BCUT2D eigenvalue weighted by molar-refractivity contribution is 8.23. The lowest BCUT2D eigenvalue weighted by atomic mass is 10.2. The number of hydrogen-bond acceptors (Lipinski definition) is 6. The minimum Gasteiger partial charge on any atom is -0.494 e. The van der Waals surface area contributed by atoms with E-state index < -0.39 is 0 Å². The van der Waals surface area contributed by atoms with Crippen molar-refractivity contribution < 1.29 is 9.53 Å². The van der Waals surface area contributed by atoms with Gasteiger partial charge in [-0.05, 0) is 43.5 Å². The van der Waals surface area contributed by atoms with Gasteiger partial charge in [0.15, 0.2) is 5.13 Å². The Kier molecular flexibility index (Phi) is 7.49. The fourth-order valence-electron chi connectivity index (χ4n) is 2.68. The number of benzene rings is 1. The molecule has 0 unspecified atom stereocenters. The first-order valence-electron chi connectivity index (χ1n) is 9.06. The molecule has 8 heteroatoms. The molecule has 0 aliphatic carbocycles. The number of rotatable bonds is 7. The van der Waals surface area contributed by atoms with Gasteiger partial charge in [-0.15, -0.1) is 11.3 Å². The standard InChI is InChI=1S/C19H23N3O2S3/c1-2-11-24-15-7-5-14(6-8-15)16-12-26-18(20-16)21-17(23)13-27-19(25)22-9-3-4-10-22/h5-8,12H,2-4,9-11,13H2,1H3,(H,20,21,23). The van der Waals surface area contributed by atoms with Crippen LogP contribution in [0.5, 0.6) is 5.75 Å². The number of thiocarbonyl (C=S) groups is 1. The zero-order valence-corrected chi connectivity index (χ0v) is 17.7. The van der Waals surface area contributed by atoms with Crippen molar-refractivity contribution in [2.24, 2.45) is 0 Å². The number of hydrogen-bond donors (Lipinski definition) is 1. The van der Waals surface area contributed by atoms with E-state index >= 15 is 0 Å². The third-order valence-electron chi connectivity index (χ3n) is 4.06. The van der Waals surface area contributed by atoms with Crippen LogP contribution in [0.2, 0.25) is 0 Å². The lowest BCUT2D eigenvalue weighted by molar-refractivity contribution is -0.113. The van der Waals surface area contributed by atoms with Gasteiger partial charge in [0, 0.05) is 24.0 Å². The summed E-state index contributed by atoms with van der Waals surface area (Å²) in [4.78, 5) is 18.8. The smallest absolute Gasteiger partial charge is 0.236 e. The summed E-state index contributed by atoms with van der Waals surface area (Å²) in [7, 11) is 0. The molecule has 144 valence electrons. The molecule has 1 saturated heterocycles. The Hall–Kier alpha value is -1.64. The van der Waals surface area contributed by atoms with Crippen molar-refractivity contribution in [3.63, 3.8) is 0 Å². The van der Waals surface area contributed by atoms with E-state index in [1.165, 1.54) is 35.9 Å². The molecule has 2 heterocycles. The lowest BCUT2D eigenvalue weighted by Crippen LogP contribution is -2.25. The van der Waals surface area contributed by atoms with Crippen molar-refractivity contribution in [3.05, 3.63) is 29.6 Å². The highest BCUT2D eigenvalue weighted by atomic mass is 32.2. The van der Waals surface area contributed by atoms with Crippen molar-refractivity contribution in [1.82, 2.24) is 9.88 Å². The van der Waals surface area contributed by atoms with Crippen LogP contribution in [0, 0.1) is 0 Å². The molecule has 1 fully saturated rings. The molecule has 1 amide bonds. The molecule has 1 aromatic heterocycles. The number of carbonyl (C=O) groups is 1. The Labute approximate surface area is 173 Å². The van der Waals surface area contributed by atoms with Crippen LogP contribution in [0.15, 0.2) is 29.6 Å². The number of ether oxygens (including phenoxy) is 1. The first-order valence-corrected chi connectivity index (χ1v) is 11.3. The summed E-state index contributed by atoms with van der Waals surface area (Å²) in [5.41, 5.74) is 1.85. The van der Waals surface area contributed by atoms with Crippen molar-refractivity contribution >= 4 is 50.7 Å². The van der Waals surface area contributed by atoms with Crippen LogP contribution in [0.3, 0.4) is 0 Å². The van der Waals surface area contributed by atoms with Crippen LogP contribution in [-0.4, -0.2) is 45.6 Å². The summed E-state index contributed by atoms with van der Waals surface area (Å²) >= 11 is 8.23. The van der Waals surface area contributed by atoms with Crippen LogP contribution in [0.25, 0.3) is 11.3 Å². The number of amides is 1. The lowest BCUT2D eigenvalue weighted by Gasteiger charge is -2.17. The normalized spacial score (nSPS) is 13.6. The largest absolute Gasteiger partial charge is 0.494 e. The fraction of sp³-hybridized carbons (Fsp3) is 0.421. The number of aromatic nitrogens is 1. The van der Waals surface area contributed by atoms with Crippen molar-refractivity contribution in [1.29, 1.82) is 0 Å². The zero-order chi connectivity index (χ0) is 19.1. The van der Waals surface area contributed by atoms with Crippen molar-refractivity contribution in [2.45, 2.75) is 26.2 Å². The molecule has 0 saturated carbocycles. The number of nitrogens with zero attached hydrogens (tertiary/aromatic N) is 2. The first-order chi connectivity index (χ1) is 13.2. The minimum absolute atomic E-state index is 0.0780. The van der Waals surface area contributed by atoms with Crippen LogP contribution in [-0.2, 0) is 4.79 Å². The fourth-order valence-corrected chi connectivity index (χ4v) is 4.47. The third-order valence-corrected chi connectivity index (χ3v) is 6.35. The average molecular weight is 422 g/mol. The molecule has 1 N–H and O–H groups in total. The maximum Gasteiger partial charge on any atom is 0.236 e. The zero-order valence-electron chi connectivity index (χ0n) is 15.3. The molecule has 1 aliphatic heterocycles. The predicted octanol–water partition coefficient (Wildman–Crippen LogP) is 4.65. The Morgan fingerprint density at radius 3 is 2.78 bits per heavy atom. The van der Waals surface area contributed by atoms with E-state index in [9.17, 15) is 4.79 Å². The molecule has 1 aromatic carbocycles. The van der Waals surface area contributed by atoms with E-state index in [2.05, 4.69) is 22.1 Å². The summed E-state index contributed by atoms with van der Waals surface area (Å²) in [6.07, 6.45) is 3.35. The van der Waals surface area contributed by atoms with E-state index in [0.717, 1.165) is 40.8 Å². The number of anilines is 1. The molecule has 0 bridgehead atoms. The molecule has 0 atom stereocenters. The van der Waals surface area contributed by atoms with Gasteiger partial charge < -0.3 is 15.0 Å². The Bertz CT molecular complexity index is 771. The van der Waals surface area contributed by atoms with Crippen molar-refractivity contribution in [2.75, 3.05) is 30.8 Å². The van der Waals surface area contributed by atoms with Gasteiger partial charge in [0.05, 0.1) is 18.1 Å². The van der Waals surface area contributed by atoms with Gasteiger partial charge in [0.2, 0.25) is 5.91 Å². The highest BCUT2D eigenvalue weighted by Gasteiger charge is 2.16. The summed E-state index contributed by atoms with van der Waals surface area (Å²) in [5.74, 6) is 1.09. The second kappa shape index (κ2) is 10.1. The Balaban J connectivity index is 1.49. The van der Waals surface area contributed by atoms with Gasteiger partial charge in [-0.2, -0.15) is 0 Å². The molecule has 1 aliphatic rings. The first kappa shape index (κ1) is 20.1. The third kappa shape index (κ3) is 5.92. The van der Waals surface area contributed by atoms with Gasteiger partial charge >= 0.3 is 0 Å². The molecule has 3 rings (SSSR count). The molecular formula is C19H23N3O2S3. The molecule has 5 nitrogen and oxygen atoms in total. The van der Waals surface area contributed by atoms with Crippen LogP contribution in [0.4, 0.5) is 5.13 Å². The van der Waals surface area contributed by atoms with E-state index in [4.69, 9.17) is 17.0 Å². The molecule has 27 heavy (non-hydrogen) atoms. The number of carbonyl (C=O) groups excluding carboxylic acids is 1. The van der Waals surface area contributed by atoms with Gasteiger partial charge in [-0.1, -0.05) is 30.9 Å². The average Bonchev–Trinajstić information content (AvgIpc) is 3.37. The van der Waals surface area contributed by atoms with E-state index in [-0.39, 0.29) is 5.91 Å². The molecular weight excluding hydrogens is 398 g/mol. The van der Waals surface area contributed by atoms with E-state index in [0.29, 0.717) is 17.5 Å². The van der Waals surface area contributed by atoms with Gasteiger partial charge in [0.1, 0.15) is 10.1 Å². The van der Waals surface area contributed by atoms with Crippen LogP contribution in [0.1, 0.15) is 26.2 Å². The maximum atomic E-state index is 12.2. The van der Waals surface area contributed by atoms with Gasteiger partial charge in [-0.3, -0.25) is 4.79 Å². The number of nitrogens with one attached hydrogen (secondary N) is 1. The number of thioether (sulfide) groups is 1. The maximum absolute atomic E-state index is 12.2. The second-order valence-electron chi connectivity index (χ2n) is 6.21. The Morgan fingerprint density at radius 1 is 1.33 bits per heavy atom. The quantitative estimate of drug-likeness (QED) is 0.657. The van der Waals surface area contributed by atoms with Crippen LogP contribution >= 0.6 is 35.3 Å². The predicted molar refractivity (Wildman–Crippen MR) is 118 cm³/mol. The summed E-state index contributed by atoms with van der Waals surface area (Å²) in [6, 6.07) is 7.85. The minimum atomic E-state index is -0.0780. The van der Waals surface area contributed by atoms with Crippen LogP contribution < -0.4 is 10.1 Å².